The summed E-state index contributed by atoms with van der Waals surface area (Å²) in [4.78, 5) is 0. The number of hydrogen-bond acceptors (Lipinski definition) is 2. The van der Waals surface area contributed by atoms with Crippen molar-refractivity contribution in [2.24, 2.45) is 0 Å². The second-order valence-corrected chi connectivity index (χ2v) is 6.07. The molecule has 0 spiro atoms. The van der Waals surface area contributed by atoms with Crippen LogP contribution in [0.3, 0.4) is 0 Å². The summed E-state index contributed by atoms with van der Waals surface area (Å²) in [6, 6.07) is 9.85. The van der Waals surface area contributed by atoms with Crippen molar-refractivity contribution in [3.63, 3.8) is 0 Å². The highest BCUT2D eigenvalue weighted by Crippen LogP contribution is 2.38. The van der Waals surface area contributed by atoms with Crippen molar-refractivity contribution >= 4 is 23.2 Å². The van der Waals surface area contributed by atoms with E-state index >= 15 is 0 Å². The number of rotatable bonds is 2. The molecule has 1 aliphatic heterocycles. The van der Waals surface area contributed by atoms with E-state index in [1.54, 1.807) is 0 Å². The van der Waals surface area contributed by atoms with Crippen molar-refractivity contribution in [3.05, 3.63) is 57.6 Å². The summed E-state index contributed by atoms with van der Waals surface area (Å²) >= 11 is 12.8. The van der Waals surface area contributed by atoms with E-state index in [0.29, 0.717) is 13.2 Å². The predicted molar refractivity (Wildman–Crippen MR) is 86.1 cm³/mol. The molecule has 0 aliphatic carbocycles. The second kappa shape index (κ2) is 5.78. The smallest absolute Gasteiger partial charge is 0.161 e. The molecule has 0 amide bonds. The van der Waals surface area contributed by atoms with Crippen molar-refractivity contribution in [2.45, 2.75) is 19.2 Å². The fourth-order valence-corrected chi connectivity index (χ4v) is 3.06. The molecule has 0 saturated heterocycles. The van der Waals surface area contributed by atoms with Gasteiger partial charge in [-0.25, -0.2) is 0 Å². The third-order valence-electron chi connectivity index (χ3n) is 3.68. The van der Waals surface area contributed by atoms with Gasteiger partial charge in [-0.15, -0.1) is 11.6 Å². The lowest BCUT2D eigenvalue weighted by atomic mass is 9.97. The summed E-state index contributed by atoms with van der Waals surface area (Å²) in [5.74, 6) is 1.53. The summed E-state index contributed by atoms with van der Waals surface area (Å²) in [5, 5.41) is 0.527. The summed E-state index contributed by atoms with van der Waals surface area (Å²) in [6.07, 6.45) is 0. The first-order chi connectivity index (χ1) is 10.1. The maximum atomic E-state index is 6.66. The number of benzene rings is 2. The van der Waals surface area contributed by atoms with Crippen LogP contribution >= 0.6 is 23.2 Å². The molecule has 4 heteroatoms. The van der Waals surface area contributed by atoms with Crippen LogP contribution < -0.4 is 9.47 Å². The van der Waals surface area contributed by atoms with Crippen molar-refractivity contribution in [2.75, 3.05) is 13.2 Å². The van der Waals surface area contributed by atoms with Crippen molar-refractivity contribution in [1.82, 2.24) is 0 Å². The summed E-state index contributed by atoms with van der Waals surface area (Å²) in [6.45, 7) is 5.17. The van der Waals surface area contributed by atoms with Crippen LogP contribution in [0, 0.1) is 13.8 Å². The quantitative estimate of drug-likeness (QED) is 0.720. The number of fused-ring (bicyclic) bond motifs is 1. The van der Waals surface area contributed by atoms with E-state index in [4.69, 9.17) is 32.7 Å². The predicted octanol–water partition coefficient (Wildman–Crippen LogP) is 5.06. The topological polar surface area (TPSA) is 18.5 Å². The van der Waals surface area contributed by atoms with Crippen LogP contribution in [0.4, 0.5) is 0 Å². The Kier molecular flexibility index (Phi) is 4.01. The van der Waals surface area contributed by atoms with Crippen LogP contribution in [0.25, 0.3) is 0 Å². The lowest BCUT2D eigenvalue weighted by Gasteiger charge is -2.21. The van der Waals surface area contributed by atoms with Gasteiger partial charge < -0.3 is 9.47 Å². The molecule has 0 saturated carbocycles. The molecule has 0 aromatic heterocycles. The molecule has 0 N–H and O–H groups in total. The van der Waals surface area contributed by atoms with Gasteiger partial charge in [-0.2, -0.15) is 0 Å². The third kappa shape index (κ3) is 2.83. The fourth-order valence-electron chi connectivity index (χ4n) is 2.47. The number of halogens is 2. The molecule has 2 aromatic carbocycles. The number of ether oxygens (including phenoxy) is 2. The molecule has 1 atom stereocenters. The van der Waals surface area contributed by atoms with Gasteiger partial charge in [0.05, 0.1) is 5.38 Å². The molecule has 1 unspecified atom stereocenters. The van der Waals surface area contributed by atoms with Gasteiger partial charge in [0.25, 0.3) is 0 Å². The molecular formula is C17H16Cl2O2. The zero-order chi connectivity index (χ0) is 15.0. The van der Waals surface area contributed by atoms with Crippen LogP contribution in [-0.4, -0.2) is 13.2 Å². The molecule has 21 heavy (non-hydrogen) atoms. The number of hydrogen-bond donors (Lipinski definition) is 0. The van der Waals surface area contributed by atoms with E-state index in [-0.39, 0.29) is 5.38 Å². The Labute approximate surface area is 134 Å². The highest BCUT2D eigenvalue weighted by Gasteiger charge is 2.18. The fraction of sp³-hybridized carbons (Fsp3) is 0.294. The Morgan fingerprint density at radius 1 is 0.952 bits per heavy atom. The standard InChI is InChI=1S/C17H16Cl2O2/c1-10-8-14(18)11(2)7-13(10)17(19)12-3-4-15-16(9-12)21-6-5-20-15/h3-4,7-9,17H,5-6H2,1-2H3. The summed E-state index contributed by atoms with van der Waals surface area (Å²) < 4.78 is 11.2. The van der Waals surface area contributed by atoms with Gasteiger partial charge in [0.1, 0.15) is 13.2 Å². The molecule has 110 valence electrons. The monoisotopic (exact) mass is 322 g/mol. The average Bonchev–Trinajstić information content (AvgIpc) is 2.50. The minimum absolute atomic E-state index is 0.239. The van der Waals surface area contributed by atoms with Gasteiger partial charge in [0.2, 0.25) is 0 Å². The molecule has 1 heterocycles. The maximum absolute atomic E-state index is 6.66. The average molecular weight is 323 g/mol. The van der Waals surface area contributed by atoms with Gasteiger partial charge in [0.15, 0.2) is 11.5 Å². The van der Waals surface area contributed by atoms with E-state index in [9.17, 15) is 0 Å². The molecule has 2 nitrogen and oxygen atoms in total. The Balaban J connectivity index is 1.98. The largest absolute Gasteiger partial charge is 0.486 e. The Hall–Kier alpha value is -1.38. The molecule has 1 aliphatic rings. The minimum atomic E-state index is -0.239. The Morgan fingerprint density at radius 3 is 2.43 bits per heavy atom. The third-order valence-corrected chi connectivity index (χ3v) is 4.57. The van der Waals surface area contributed by atoms with Gasteiger partial charge in [-0.3, -0.25) is 0 Å². The molecular weight excluding hydrogens is 307 g/mol. The van der Waals surface area contributed by atoms with Gasteiger partial charge in [0, 0.05) is 5.02 Å². The van der Waals surface area contributed by atoms with E-state index in [0.717, 1.165) is 38.8 Å². The lowest BCUT2D eigenvalue weighted by Crippen LogP contribution is -2.15. The molecule has 0 fully saturated rings. The maximum Gasteiger partial charge on any atom is 0.161 e. The van der Waals surface area contributed by atoms with Crippen molar-refractivity contribution in [1.29, 1.82) is 0 Å². The first kappa shape index (κ1) is 14.6. The van der Waals surface area contributed by atoms with Crippen molar-refractivity contribution < 1.29 is 9.47 Å². The van der Waals surface area contributed by atoms with Crippen LogP contribution in [0.1, 0.15) is 27.6 Å². The van der Waals surface area contributed by atoms with E-state index in [1.165, 1.54) is 0 Å². The Morgan fingerprint density at radius 2 is 1.67 bits per heavy atom. The first-order valence-electron chi connectivity index (χ1n) is 6.86. The van der Waals surface area contributed by atoms with Crippen LogP contribution in [-0.2, 0) is 0 Å². The molecule has 3 rings (SSSR count). The van der Waals surface area contributed by atoms with Crippen LogP contribution in [0.15, 0.2) is 30.3 Å². The zero-order valence-electron chi connectivity index (χ0n) is 12.0. The molecule has 2 aromatic rings. The molecule has 0 bridgehead atoms. The molecule has 0 radical (unpaired) electrons. The van der Waals surface area contributed by atoms with Crippen LogP contribution in [0.2, 0.25) is 5.02 Å². The first-order valence-corrected chi connectivity index (χ1v) is 7.68. The normalized spacial score (nSPS) is 14.9. The van der Waals surface area contributed by atoms with Crippen LogP contribution in [0.5, 0.6) is 11.5 Å². The zero-order valence-corrected chi connectivity index (χ0v) is 13.5. The summed E-state index contributed by atoms with van der Waals surface area (Å²) in [5.41, 5.74) is 4.17. The second-order valence-electron chi connectivity index (χ2n) is 5.22. The van der Waals surface area contributed by atoms with E-state index in [1.807, 2.05) is 44.2 Å². The Bertz CT molecular complexity index is 683. The SMILES string of the molecule is Cc1cc(C(Cl)c2ccc3c(c2)OCCO3)c(C)cc1Cl. The van der Waals surface area contributed by atoms with Gasteiger partial charge >= 0.3 is 0 Å². The number of aryl methyl sites for hydroxylation is 2. The lowest BCUT2D eigenvalue weighted by molar-refractivity contribution is 0.171. The van der Waals surface area contributed by atoms with Gasteiger partial charge in [-0.05, 0) is 54.3 Å². The summed E-state index contributed by atoms with van der Waals surface area (Å²) in [7, 11) is 0. The van der Waals surface area contributed by atoms with Crippen molar-refractivity contribution in [3.8, 4) is 11.5 Å². The minimum Gasteiger partial charge on any atom is -0.486 e. The van der Waals surface area contributed by atoms with E-state index in [2.05, 4.69) is 0 Å². The highest BCUT2D eigenvalue weighted by molar-refractivity contribution is 6.31. The van der Waals surface area contributed by atoms with Gasteiger partial charge in [-0.1, -0.05) is 23.7 Å². The highest BCUT2D eigenvalue weighted by atomic mass is 35.5. The number of alkyl halides is 1. The van der Waals surface area contributed by atoms with E-state index < -0.39 is 0 Å².